The molecule has 0 aliphatic rings. The third-order valence-corrected chi connectivity index (χ3v) is 2.26. The van der Waals surface area contributed by atoms with Gasteiger partial charge in [-0.1, -0.05) is 31.9 Å². The summed E-state index contributed by atoms with van der Waals surface area (Å²) in [6.45, 7) is 6.44. The molecule has 0 heterocycles. The molecule has 0 bridgehead atoms. The molecule has 4 heteroatoms. The Morgan fingerprint density at radius 2 is 2.21 bits per heavy atom. The Labute approximate surface area is 90.3 Å². The normalized spacial score (nSPS) is 15.8. The lowest BCUT2D eigenvalue weighted by atomic mass is 10.1. The number of halogens is 1. The summed E-state index contributed by atoms with van der Waals surface area (Å²) >= 11 is 5.83. The van der Waals surface area contributed by atoms with Gasteiger partial charge < -0.3 is 5.73 Å². The maximum absolute atomic E-state index is 8.74. The van der Waals surface area contributed by atoms with E-state index in [9.17, 15) is 0 Å². The van der Waals surface area contributed by atoms with Crippen molar-refractivity contribution in [1.82, 2.24) is 0 Å². The van der Waals surface area contributed by atoms with Gasteiger partial charge in [0.25, 0.3) is 0 Å². The summed E-state index contributed by atoms with van der Waals surface area (Å²) in [7, 11) is 0. The molecule has 0 amide bonds. The lowest BCUT2D eigenvalue weighted by Crippen LogP contribution is -2.05. The van der Waals surface area contributed by atoms with Crippen LogP contribution < -0.4 is 5.73 Å². The number of nitrogens with two attached hydrogens (primary N) is 1. The van der Waals surface area contributed by atoms with Crippen LogP contribution in [0.25, 0.3) is 0 Å². The van der Waals surface area contributed by atoms with Crippen molar-refractivity contribution in [2.45, 2.75) is 27.2 Å². The largest absolute Gasteiger partial charge is 0.401 e. The quantitative estimate of drug-likeness (QED) is 0.576. The van der Waals surface area contributed by atoms with Crippen molar-refractivity contribution in [3.8, 4) is 6.07 Å². The van der Waals surface area contributed by atoms with E-state index < -0.39 is 0 Å². The van der Waals surface area contributed by atoms with Crippen molar-refractivity contribution >= 4 is 16.8 Å². The molecule has 2 N–H and O–H groups in total. The Hall–Kier alpha value is -1.01. The van der Waals surface area contributed by atoms with E-state index in [1.165, 1.54) is 0 Å². The first-order valence-corrected chi connectivity index (χ1v) is 4.97. The number of aliphatic imine (C=N–C) groups is 1. The van der Waals surface area contributed by atoms with Crippen LogP contribution in [0.15, 0.2) is 16.3 Å². The van der Waals surface area contributed by atoms with Gasteiger partial charge in [0.05, 0.1) is 0 Å². The zero-order valence-corrected chi connectivity index (χ0v) is 9.60. The number of allylic oxidation sites excluding steroid dienone is 2. The zero-order valence-electron chi connectivity index (χ0n) is 8.84. The Balaban J connectivity index is 4.54. The van der Waals surface area contributed by atoms with Crippen LogP contribution in [0.5, 0.6) is 0 Å². The van der Waals surface area contributed by atoms with Crippen LogP contribution in [0.1, 0.15) is 27.2 Å². The summed E-state index contributed by atoms with van der Waals surface area (Å²) in [5.74, 6) is 0.474. The second-order valence-corrected chi connectivity index (χ2v) is 3.67. The maximum Gasteiger partial charge on any atom is 0.143 e. The van der Waals surface area contributed by atoms with Gasteiger partial charge in [0.2, 0.25) is 0 Å². The number of hydrogen-bond donors (Lipinski definition) is 1. The van der Waals surface area contributed by atoms with Crippen LogP contribution in [-0.4, -0.2) is 11.7 Å². The molecule has 0 fully saturated rings. The van der Waals surface area contributed by atoms with Gasteiger partial charge in [0, 0.05) is 12.2 Å². The van der Waals surface area contributed by atoms with E-state index in [1.807, 2.05) is 6.07 Å². The summed E-state index contributed by atoms with van der Waals surface area (Å²) in [6.07, 6.45) is 1.04. The van der Waals surface area contributed by atoms with Crippen LogP contribution in [-0.2, 0) is 0 Å². The molecule has 0 aromatic heterocycles. The number of nitriles is 1. The summed E-state index contributed by atoms with van der Waals surface area (Å²) in [6, 6.07) is 1.93. The van der Waals surface area contributed by atoms with E-state index in [-0.39, 0.29) is 10.7 Å². The topological polar surface area (TPSA) is 62.2 Å². The molecule has 0 aliphatic heterocycles. The zero-order chi connectivity index (χ0) is 11.1. The van der Waals surface area contributed by atoms with Gasteiger partial charge in [-0.05, 0) is 12.8 Å². The number of hydrogen-bond acceptors (Lipinski definition) is 3. The van der Waals surface area contributed by atoms with E-state index in [2.05, 4.69) is 18.8 Å². The molecule has 0 radical (unpaired) electrons. The molecule has 0 aliphatic carbocycles. The van der Waals surface area contributed by atoms with E-state index in [4.69, 9.17) is 22.6 Å². The van der Waals surface area contributed by atoms with Crippen molar-refractivity contribution in [3.05, 3.63) is 11.3 Å². The van der Waals surface area contributed by atoms with Gasteiger partial charge in [0.15, 0.2) is 0 Å². The predicted molar refractivity (Wildman–Crippen MR) is 60.1 cm³/mol. The second-order valence-electron chi connectivity index (χ2n) is 3.31. The molecule has 0 saturated carbocycles. The molecule has 1 unspecified atom stereocenters. The lowest BCUT2D eigenvalue weighted by Gasteiger charge is -2.04. The monoisotopic (exact) mass is 213 g/mol. The summed E-state index contributed by atoms with van der Waals surface area (Å²) in [5, 5.41) is 8.95. The first kappa shape index (κ1) is 13.0. The van der Waals surface area contributed by atoms with Crippen molar-refractivity contribution in [2.24, 2.45) is 16.6 Å². The fourth-order valence-electron chi connectivity index (χ4n) is 0.741. The van der Waals surface area contributed by atoms with Crippen molar-refractivity contribution in [1.29, 1.82) is 5.26 Å². The predicted octanol–water partition coefficient (Wildman–Crippen LogP) is 2.43. The van der Waals surface area contributed by atoms with Crippen molar-refractivity contribution < 1.29 is 0 Å². The second kappa shape index (κ2) is 6.44. The van der Waals surface area contributed by atoms with Crippen LogP contribution >= 0.6 is 11.6 Å². The SMILES string of the molecule is CCC(C)C/N=C(Cl)\C(C#N)=C(/C)N. The van der Waals surface area contributed by atoms with E-state index in [1.54, 1.807) is 6.92 Å². The average molecular weight is 214 g/mol. The van der Waals surface area contributed by atoms with Crippen LogP contribution in [0.2, 0.25) is 0 Å². The maximum atomic E-state index is 8.74. The minimum atomic E-state index is 0.216. The molecule has 0 rings (SSSR count). The molecular weight excluding hydrogens is 198 g/mol. The molecule has 0 aromatic carbocycles. The molecule has 1 atom stereocenters. The van der Waals surface area contributed by atoms with Gasteiger partial charge in [-0.2, -0.15) is 5.26 Å². The van der Waals surface area contributed by atoms with Crippen molar-refractivity contribution in [2.75, 3.05) is 6.54 Å². The van der Waals surface area contributed by atoms with Crippen LogP contribution in [0.4, 0.5) is 0 Å². The van der Waals surface area contributed by atoms with Crippen LogP contribution in [0.3, 0.4) is 0 Å². The third kappa shape index (κ3) is 4.29. The average Bonchev–Trinajstić information content (AvgIpc) is 2.14. The highest BCUT2D eigenvalue weighted by Crippen LogP contribution is 2.07. The molecule has 3 nitrogen and oxygen atoms in total. The van der Waals surface area contributed by atoms with Gasteiger partial charge in [-0.15, -0.1) is 0 Å². The highest BCUT2D eigenvalue weighted by molar-refractivity contribution is 6.70. The lowest BCUT2D eigenvalue weighted by molar-refractivity contribution is 0.577. The fourth-order valence-corrected chi connectivity index (χ4v) is 1.00. The molecule has 0 aromatic rings. The molecular formula is C10H16ClN3. The van der Waals surface area contributed by atoms with Crippen LogP contribution in [0, 0.1) is 17.2 Å². The van der Waals surface area contributed by atoms with E-state index in [0.717, 1.165) is 6.42 Å². The number of rotatable bonds is 4. The summed E-state index contributed by atoms with van der Waals surface area (Å²) in [4.78, 5) is 4.11. The first-order chi connectivity index (χ1) is 6.52. The van der Waals surface area contributed by atoms with E-state index in [0.29, 0.717) is 18.2 Å². The molecule has 78 valence electrons. The Morgan fingerprint density at radius 1 is 1.64 bits per heavy atom. The molecule has 0 saturated heterocycles. The van der Waals surface area contributed by atoms with Crippen molar-refractivity contribution in [3.63, 3.8) is 0 Å². The van der Waals surface area contributed by atoms with Gasteiger partial charge in [-0.3, -0.25) is 4.99 Å². The van der Waals surface area contributed by atoms with Gasteiger partial charge in [-0.25, -0.2) is 0 Å². The smallest absolute Gasteiger partial charge is 0.143 e. The highest BCUT2D eigenvalue weighted by atomic mass is 35.5. The minimum absolute atomic E-state index is 0.216. The fraction of sp³-hybridized carbons (Fsp3) is 0.600. The Bertz CT molecular complexity index is 282. The highest BCUT2D eigenvalue weighted by Gasteiger charge is 2.06. The Morgan fingerprint density at radius 3 is 2.57 bits per heavy atom. The molecule has 14 heavy (non-hydrogen) atoms. The van der Waals surface area contributed by atoms with Gasteiger partial charge in [0.1, 0.15) is 16.8 Å². The third-order valence-electron chi connectivity index (χ3n) is 1.95. The summed E-state index contributed by atoms with van der Waals surface area (Å²) in [5.41, 5.74) is 6.16. The minimum Gasteiger partial charge on any atom is -0.401 e. The first-order valence-electron chi connectivity index (χ1n) is 4.59. The molecule has 0 spiro atoms. The van der Waals surface area contributed by atoms with Gasteiger partial charge >= 0.3 is 0 Å². The standard InChI is InChI=1S/C10H16ClN3/c1-4-7(2)6-14-10(11)9(5-12)8(3)13/h7H,4,6,13H2,1-3H3/b9-8+,14-10+. The van der Waals surface area contributed by atoms with E-state index >= 15 is 0 Å². The Kier molecular flexibility index (Phi) is 5.98. The summed E-state index contributed by atoms with van der Waals surface area (Å²) < 4.78 is 0. The number of nitrogens with zero attached hydrogens (tertiary/aromatic N) is 2.